The fourth-order valence-electron chi connectivity index (χ4n) is 2.04. The Labute approximate surface area is 126 Å². The molecule has 0 saturated heterocycles. The van der Waals surface area contributed by atoms with Crippen molar-refractivity contribution in [2.24, 2.45) is 7.05 Å². The Bertz CT molecular complexity index is 652. The van der Waals surface area contributed by atoms with E-state index < -0.39 is 0 Å². The third kappa shape index (κ3) is 2.74. The van der Waals surface area contributed by atoms with Crippen LogP contribution in [0, 0.1) is 0 Å². The van der Waals surface area contributed by atoms with Gasteiger partial charge < -0.3 is 4.57 Å². The molecule has 0 N–H and O–H groups in total. The molecule has 1 fully saturated rings. The number of aromatic nitrogens is 3. The van der Waals surface area contributed by atoms with Crippen molar-refractivity contribution < 1.29 is 4.79 Å². The predicted octanol–water partition coefficient (Wildman–Crippen LogP) is 3.32. The van der Waals surface area contributed by atoms with Crippen LogP contribution in [0.15, 0.2) is 29.4 Å². The number of halogens is 1. The van der Waals surface area contributed by atoms with Gasteiger partial charge in [-0.05, 0) is 25.0 Å². The van der Waals surface area contributed by atoms with Gasteiger partial charge in [-0.1, -0.05) is 35.5 Å². The van der Waals surface area contributed by atoms with E-state index in [2.05, 4.69) is 10.2 Å². The molecule has 0 radical (unpaired) electrons. The molecular formula is C14H14ClN3OS. The predicted molar refractivity (Wildman–Crippen MR) is 79.5 cm³/mol. The van der Waals surface area contributed by atoms with Crippen LogP contribution in [0.3, 0.4) is 0 Å². The first-order valence-electron chi connectivity index (χ1n) is 6.46. The average Bonchev–Trinajstić information content (AvgIpc) is 3.21. The number of carbonyl (C=O) groups is 1. The van der Waals surface area contributed by atoms with E-state index in [9.17, 15) is 4.79 Å². The number of benzene rings is 1. The first kappa shape index (κ1) is 13.6. The SMILES string of the molecule is Cn1c(SCC(=O)c2ccccc2Cl)nnc1C1CC1. The molecule has 1 heterocycles. The van der Waals surface area contributed by atoms with Crippen LogP contribution in [-0.4, -0.2) is 26.3 Å². The highest BCUT2D eigenvalue weighted by molar-refractivity contribution is 7.99. The van der Waals surface area contributed by atoms with Crippen molar-refractivity contribution in [3.05, 3.63) is 40.7 Å². The molecule has 1 saturated carbocycles. The lowest BCUT2D eigenvalue weighted by atomic mass is 10.1. The molecular weight excluding hydrogens is 294 g/mol. The highest BCUT2D eigenvalue weighted by Crippen LogP contribution is 2.39. The summed E-state index contributed by atoms with van der Waals surface area (Å²) in [5.41, 5.74) is 0.561. The molecule has 0 amide bonds. The fourth-order valence-corrected chi connectivity index (χ4v) is 3.09. The van der Waals surface area contributed by atoms with Gasteiger partial charge in [0.25, 0.3) is 0 Å². The van der Waals surface area contributed by atoms with Crippen LogP contribution in [-0.2, 0) is 7.05 Å². The Morgan fingerprint density at radius 1 is 1.40 bits per heavy atom. The summed E-state index contributed by atoms with van der Waals surface area (Å²) in [4.78, 5) is 12.1. The molecule has 1 aromatic carbocycles. The molecule has 1 aliphatic rings. The van der Waals surface area contributed by atoms with Crippen molar-refractivity contribution in [2.45, 2.75) is 23.9 Å². The summed E-state index contributed by atoms with van der Waals surface area (Å²) in [7, 11) is 1.95. The van der Waals surface area contributed by atoms with Crippen LogP contribution in [0.25, 0.3) is 0 Å². The van der Waals surface area contributed by atoms with Gasteiger partial charge in [0.1, 0.15) is 5.82 Å². The molecule has 0 aliphatic heterocycles. The van der Waals surface area contributed by atoms with E-state index in [4.69, 9.17) is 11.6 Å². The minimum atomic E-state index is 0.0107. The van der Waals surface area contributed by atoms with Crippen molar-refractivity contribution in [1.29, 1.82) is 0 Å². The normalized spacial score (nSPS) is 14.5. The molecule has 0 unspecified atom stereocenters. The van der Waals surface area contributed by atoms with Crippen LogP contribution in [0.2, 0.25) is 5.02 Å². The summed E-state index contributed by atoms with van der Waals surface area (Å²) in [6.45, 7) is 0. The standard InChI is InChI=1S/C14H14ClN3OS/c1-18-13(9-6-7-9)16-17-14(18)20-8-12(19)10-4-2-3-5-11(10)15/h2-5,9H,6-8H2,1H3. The number of hydrogen-bond donors (Lipinski definition) is 0. The first-order valence-corrected chi connectivity index (χ1v) is 7.83. The Morgan fingerprint density at radius 2 is 2.15 bits per heavy atom. The molecule has 6 heteroatoms. The van der Waals surface area contributed by atoms with E-state index in [-0.39, 0.29) is 5.78 Å². The zero-order valence-corrected chi connectivity index (χ0v) is 12.6. The highest BCUT2D eigenvalue weighted by atomic mass is 35.5. The lowest BCUT2D eigenvalue weighted by Crippen LogP contribution is -2.05. The quantitative estimate of drug-likeness (QED) is 0.628. The Hall–Kier alpha value is -1.33. The number of hydrogen-bond acceptors (Lipinski definition) is 4. The molecule has 3 rings (SSSR count). The summed E-state index contributed by atoms with van der Waals surface area (Å²) in [6.07, 6.45) is 2.38. The Morgan fingerprint density at radius 3 is 2.85 bits per heavy atom. The summed E-state index contributed by atoms with van der Waals surface area (Å²) < 4.78 is 1.99. The second-order valence-corrected chi connectivity index (χ2v) is 6.22. The summed E-state index contributed by atoms with van der Waals surface area (Å²) in [6, 6.07) is 7.11. The van der Waals surface area contributed by atoms with Gasteiger partial charge in [0.2, 0.25) is 0 Å². The largest absolute Gasteiger partial charge is 0.309 e. The molecule has 0 bridgehead atoms. The van der Waals surface area contributed by atoms with Crippen LogP contribution >= 0.6 is 23.4 Å². The third-order valence-corrected chi connectivity index (χ3v) is 4.67. The van der Waals surface area contributed by atoms with Gasteiger partial charge in [0.05, 0.1) is 10.8 Å². The van der Waals surface area contributed by atoms with Crippen LogP contribution in [0.4, 0.5) is 0 Å². The van der Waals surface area contributed by atoms with Crippen LogP contribution < -0.4 is 0 Å². The first-order chi connectivity index (χ1) is 9.66. The zero-order valence-electron chi connectivity index (χ0n) is 11.0. The maximum Gasteiger partial charge on any atom is 0.191 e. The average molecular weight is 308 g/mol. The molecule has 1 aromatic heterocycles. The Balaban J connectivity index is 1.67. The lowest BCUT2D eigenvalue weighted by Gasteiger charge is -2.04. The van der Waals surface area contributed by atoms with E-state index in [0.717, 1.165) is 11.0 Å². The monoisotopic (exact) mass is 307 g/mol. The van der Waals surface area contributed by atoms with Gasteiger partial charge in [-0.25, -0.2) is 0 Å². The molecule has 0 spiro atoms. The number of nitrogens with zero attached hydrogens (tertiary/aromatic N) is 3. The maximum atomic E-state index is 12.1. The van der Waals surface area contributed by atoms with E-state index in [0.29, 0.717) is 22.3 Å². The fraction of sp³-hybridized carbons (Fsp3) is 0.357. The minimum Gasteiger partial charge on any atom is -0.309 e. The van der Waals surface area contributed by atoms with Gasteiger partial charge in [0, 0.05) is 18.5 Å². The van der Waals surface area contributed by atoms with Crippen molar-refractivity contribution in [3.63, 3.8) is 0 Å². The van der Waals surface area contributed by atoms with E-state index >= 15 is 0 Å². The lowest BCUT2D eigenvalue weighted by molar-refractivity contribution is 0.102. The molecule has 2 aromatic rings. The summed E-state index contributed by atoms with van der Waals surface area (Å²) >= 11 is 7.43. The smallest absolute Gasteiger partial charge is 0.191 e. The molecule has 20 heavy (non-hydrogen) atoms. The summed E-state index contributed by atoms with van der Waals surface area (Å²) in [5.74, 6) is 1.91. The van der Waals surface area contributed by atoms with E-state index in [1.165, 1.54) is 24.6 Å². The highest BCUT2D eigenvalue weighted by Gasteiger charge is 2.29. The van der Waals surface area contributed by atoms with E-state index in [1.807, 2.05) is 23.7 Å². The van der Waals surface area contributed by atoms with Gasteiger partial charge in [-0.2, -0.15) is 0 Å². The maximum absolute atomic E-state index is 12.1. The van der Waals surface area contributed by atoms with Crippen molar-refractivity contribution in [3.8, 4) is 0 Å². The van der Waals surface area contributed by atoms with Crippen LogP contribution in [0.1, 0.15) is 34.9 Å². The second kappa shape index (κ2) is 5.58. The van der Waals surface area contributed by atoms with Crippen LogP contribution in [0.5, 0.6) is 0 Å². The van der Waals surface area contributed by atoms with Gasteiger partial charge >= 0.3 is 0 Å². The van der Waals surface area contributed by atoms with Crippen molar-refractivity contribution in [2.75, 3.05) is 5.75 Å². The number of thioether (sulfide) groups is 1. The van der Waals surface area contributed by atoms with Crippen molar-refractivity contribution in [1.82, 2.24) is 14.8 Å². The summed E-state index contributed by atoms with van der Waals surface area (Å²) in [5, 5.41) is 9.64. The third-order valence-electron chi connectivity index (χ3n) is 3.32. The molecule has 104 valence electrons. The zero-order chi connectivity index (χ0) is 14.1. The number of carbonyl (C=O) groups excluding carboxylic acids is 1. The molecule has 4 nitrogen and oxygen atoms in total. The topological polar surface area (TPSA) is 47.8 Å². The second-order valence-electron chi connectivity index (χ2n) is 4.87. The number of rotatable bonds is 5. The van der Waals surface area contributed by atoms with Crippen molar-refractivity contribution >= 4 is 29.1 Å². The molecule has 1 aliphatic carbocycles. The van der Waals surface area contributed by atoms with E-state index in [1.54, 1.807) is 12.1 Å². The van der Waals surface area contributed by atoms with Gasteiger partial charge in [-0.3, -0.25) is 4.79 Å². The minimum absolute atomic E-state index is 0.0107. The Kier molecular flexibility index (Phi) is 3.81. The van der Waals surface area contributed by atoms with Gasteiger partial charge in [-0.15, -0.1) is 10.2 Å². The van der Waals surface area contributed by atoms with Gasteiger partial charge in [0.15, 0.2) is 10.9 Å². The number of Topliss-reactive ketones (excluding diaryl/α,β-unsaturated/α-hetero) is 1. The molecule has 0 atom stereocenters. The number of ketones is 1.